The molecule has 3 aromatic rings. The third-order valence-electron chi connectivity index (χ3n) is 18.3. The van der Waals surface area contributed by atoms with Gasteiger partial charge in [0.25, 0.3) is 11.8 Å². The molecule has 17 nitrogen and oxygen atoms in total. The van der Waals surface area contributed by atoms with Crippen LogP contribution in [0.15, 0.2) is 72.8 Å². The van der Waals surface area contributed by atoms with E-state index in [0.29, 0.717) is 66.3 Å². The van der Waals surface area contributed by atoms with Crippen molar-refractivity contribution in [1.82, 2.24) is 10.6 Å². The monoisotopic (exact) mass is 1510 g/mol. The van der Waals surface area contributed by atoms with E-state index < -0.39 is 37.0 Å². The molecule has 6 unspecified atom stereocenters. The maximum atomic E-state index is 12.0. The largest absolute Gasteiger partial charge is 0.484 e. The zero-order valence-corrected chi connectivity index (χ0v) is 73.6. The van der Waals surface area contributed by atoms with Gasteiger partial charge in [0.2, 0.25) is 0 Å². The first kappa shape index (κ1) is 105. The number of aliphatic hydroxyl groups is 3. The van der Waals surface area contributed by atoms with Gasteiger partial charge in [0.1, 0.15) is 17.2 Å². The van der Waals surface area contributed by atoms with Crippen molar-refractivity contribution in [3.63, 3.8) is 0 Å². The number of aliphatic carboxylic acids is 1. The Hall–Kier alpha value is -4.20. The summed E-state index contributed by atoms with van der Waals surface area (Å²) in [6.45, 7) is 58.7. The summed E-state index contributed by atoms with van der Waals surface area (Å²) in [6.07, 6.45) is 22.0. The Kier molecular flexibility index (Phi) is 61.0. The molecule has 0 aliphatic heterocycles. The first-order valence-electron chi connectivity index (χ1n) is 39.2. The smallest absolute Gasteiger partial charge is 0.341 e. The van der Waals surface area contributed by atoms with Crippen molar-refractivity contribution < 1.29 is 62.3 Å². The number of nitrogens with one attached hydrogen (secondary N) is 2. The fourth-order valence-corrected chi connectivity index (χ4v) is 13.3. The van der Waals surface area contributed by atoms with Crippen LogP contribution in [0.3, 0.4) is 0 Å². The predicted molar refractivity (Wildman–Crippen MR) is 444 cm³/mol. The van der Waals surface area contributed by atoms with Crippen LogP contribution in [0.5, 0.6) is 17.2 Å². The van der Waals surface area contributed by atoms with Crippen molar-refractivity contribution in [3.05, 3.63) is 89.5 Å². The van der Waals surface area contributed by atoms with Gasteiger partial charge in [0, 0.05) is 31.4 Å². The second kappa shape index (κ2) is 59.8. The van der Waals surface area contributed by atoms with E-state index >= 15 is 0 Å². The Labute approximate surface area is 634 Å². The highest BCUT2D eigenvalue weighted by molar-refractivity contribution is 6.75. The van der Waals surface area contributed by atoms with Crippen LogP contribution in [-0.2, 0) is 46.9 Å². The number of carbonyl (C=O) groups is 3. The predicted octanol–water partition coefficient (Wildman–Crippen LogP) is 19.1. The van der Waals surface area contributed by atoms with Crippen molar-refractivity contribution in [1.29, 1.82) is 0 Å². The van der Waals surface area contributed by atoms with Crippen LogP contribution in [0, 0.1) is 0 Å². The number of carboxylic acid groups (broad SMARTS) is 1. The fraction of sp³-hybridized carbons (Fsp3) is 0.747. The molecule has 0 heterocycles. The van der Waals surface area contributed by atoms with Gasteiger partial charge >= 0.3 is 5.97 Å². The lowest BCUT2D eigenvalue weighted by molar-refractivity contribution is -0.139. The number of carboxylic acids is 1. The van der Waals surface area contributed by atoms with Crippen LogP contribution < -0.4 is 36.3 Å². The summed E-state index contributed by atoms with van der Waals surface area (Å²) in [5, 5.41) is 41.0. The van der Waals surface area contributed by atoms with Crippen LogP contribution in [0.2, 0.25) is 54.4 Å². The molecular weight excluding hydrogens is 1350 g/mol. The highest BCUT2D eigenvalue weighted by atomic mass is 28.4. The Balaban J connectivity index is -0.000000586. The van der Waals surface area contributed by atoms with Gasteiger partial charge in [-0.1, -0.05) is 185 Å². The number of rotatable bonds is 41. The van der Waals surface area contributed by atoms with E-state index in [1.165, 1.54) is 87.3 Å². The third-order valence-corrected chi connectivity index (χ3v) is 32.1. The maximum Gasteiger partial charge on any atom is 0.341 e. The molecule has 0 bridgehead atoms. The van der Waals surface area contributed by atoms with Crippen LogP contribution in [0.4, 0.5) is 0 Å². The molecule has 6 atom stereocenters. The van der Waals surface area contributed by atoms with Crippen molar-refractivity contribution in [3.8, 4) is 17.2 Å². The summed E-state index contributed by atoms with van der Waals surface area (Å²) in [4.78, 5) is 33.8. The number of amides is 2. The number of hydrogen-bond acceptors (Lipinski definition) is 14. The molecule has 0 saturated carbocycles. The Bertz CT molecular complexity index is 2450. The highest BCUT2D eigenvalue weighted by Gasteiger charge is 2.40. The number of carbonyl (C=O) groups excluding carboxylic acids is 2. The summed E-state index contributed by atoms with van der Waals surface area (Å²) in [6, 6.07) is 23.6. The lowest BCUT2D eigenvalue weighted by Gasteiger charge is -2.38. The number of aryl methyl sites for hydroxylation is 3. The summed E-state index contributed by atoms with van der Waals surface area (Å²) in [5.41, 5.74) is 14.5. The normalized spacial score (nSPS) is 13.3. The Morgan fingerprint density at radius 1 is 0.388 bits per heavy atom. The molecule has 0 aliphatic rings. The zero-order valence-electron chi connectivity index (χ0n) is 70.6. The first-order chi connectivity index (χ1) is 47.8. The molecule has 103 heavy (non-hydrogen) atoms. The van der Waals surface area contributed by atoms with Gasteiger partial charge in [-0.3, -0.25) is 9.59 Å². The van der Waals surface area contributed by atoms with E-state index in [9.17, 15) is 14.4 Å². The summed E-state index contributed by atoms with van der Waals surface area (Å²) < 4.78 is 34.7. The standard InChI is InChI=1S/C23H41NO3Si.C17H27NO3.C13H18O3.C11H26OSi.C10H25NOSi.C5H12O.C4H11NO/c1-8-9-10-11-20-12-14-21(15-13-20)26-18-22(25)24-17-16-19(2)27-28(6,7)23(3,4)5;1-3-4-5-6-15-7-9-16(10-8-15)21-13-17(20)18-12-11-14(2)19;1-2-3-4-5-11-6-8-12(9-7-11)16-10-13(14)15;1-8-9-10(2)12-13(6,7)11(3,4)5;1-9(7-8-11)12-13(5,6)10(2,3)4;1-3-4-5(2)6;1-4(6)2-3-5/h12-15,19H,8-11,16-18H2,1-7H3,(H,24,25);7-10,14,19H,3-6,11-13H2,1-2H3,(H,18,20);6-9H,2-5,10H2,1H3,(H,14,15);10H,8-9H2,1-7H3;9H,7-8,11H2,1-6H3;5-6H,3-4H2,1-2H3;4,6H,2-3,5H2,1H3. The average molecular weight is 1510 g/mol. The van der Waals surface area contributed by atoms with Crippen LogP contribution in [-0.4, -0.2) is 146 Å². The van der Waals surface area contributed by atoms with Crippen LogP contribution in [0.25, 0.3) is 0 Å². The van der Waals surface area contributed by atoms with Crippen molar-refractivity contribution in [2.75, 3.05) is 46.0 Å². The van der Waals surface area contributed by atoms with Gasteiger partial charge in [-0.15, -0.1) is 0 Å². The van der Waals surface area contributed by atoms with Gasteiger partial charge in [-0.25, -0.2) is 4.79 Å². The molecule has 0 radical (unpaired) electrons. The second-order valence-electron chi connectivity index (χ2n) is 32.2. The molecule has 0 spiro atoms. The van der Waals surface area contributed by atoms with Crippen molar-refractivity contribution in [2.45, 2.75) is 358 Å². The highest BCUT2D eigenvalue weighted by Crippen LogP contribution is 2.39. The number of unbranched alkanes of at least 4 members (excludes halogenated alkanes) is 6. The lowest BCUT2D eigenvalue weighted by atomic mass is 10.1. The molecule has 20 heteroatoms. The lowest BCUT2D eigenvalue weighted by Crippen LogP contribution is -2.44. The Morgan fingerprint density at radius 3 is 0.893 bits per heavy atom. The summed E-state index contributed by atoms with van der Waals surface area (Å²) >= 11 is 0. The molecular formula is C83H160N4O13Si3. The van der Waals surface area contributed by atoms with Gasteiger partial charge in [-0.2, -0.15) is 0 Å². The van der Waals surface area contributed by atoms with Gasteiger partial charge in [0.15, 0.2) is 44.8 Å². The minimum atomic E-state index is -1.76. The summed E-state index contributed by atoms with van der Waals surface area (Å²) in [5.74, 6) is 0.854. The van der Waals surface area contributed by atoms with Crippen molar-refractivity contribution >= 4 is 42.7 Å². The molecule has 3 aromatic carbocycles. The molecule has 0 aliphatic carbocycles. The number of ether oxygens (including phenoxy) is 3. The summed E-state index contributed by atoms with van der Waals surface area (Å²) in [7, 11) is -4.82. The second-order valence-corrected chi connectivity index (χ2v) is 46.5. The molecule has 0 aromatic heterocycles. The van der Waals surface area contributed by atoms with Gasteiger partial charge in [0.05, 0.1) is 18.3 Å². The van der Waals surface area contributed by atoms with Crippen molar-refractivity contribution in [2.24, 2.45) is 11.5 Å². The quantitative estimate of drug-likeness (QED) is 0.0194. The van der Waals surface area contributed by atoms with E-state index in [2.05, 4.69) is 192 Å². The number of hydrogen-bond donors (Lipinski definition) is 8. The van der Waals surface area contributed by atoms with E-state index in [0.717, 1.165) is 57.2 Å². The molecule has 0 saturated heterocycles. The molecule has 2 amide bonds. The first-order valence-corrected chi connectivity index (χ1v) is 47.9. The molecule has 3 rings (SSSR count). The van der Waals surface area contributed by atoms with E-state index in [1.807, 2.05) is 55.5 Å². The SMILES string of the molecule is CC(CCN)O[Si](C)(C)C(C)(C)C.CC(O)CCN.CCCC(C)O.CCCC(C)O[Si](C)(C)C(C)(C)C.CCCCCc1ccc(OCC(=O)NCCC(C)O)cc1.CCCCCc1ccc(OCC(=O)NCCC(C)O[Si](C)(C)C(C)(C)C)cc1.CCCCCc1ccc(OCC(=O)O)cc1. The van der Waals surface area contributed by atoms with E-state index in [-0.39, 0.29) is 55.0 Å². The van der Waals surface area contributed by atoms with E-state index in [4.69, 9.17) is 59.4 Å². The molecule has 602 valence electrons. The zero-order chi connectivity index (χ0) is 79.9. The minimum absolute atomic E-state index is 0.00892. The van der Waals surface area contributed by atoms with Crippen LogP contribution >= 0.6 is 0 Å². The average Bonchev–Trinajstić information content (AvgIpc) is 0.849. The minimum Gasteiger partial charge on any atom is -0.484 e. The Morgan fingerprint density at radius 2 is 0.660 bits per heavy atom. The molecule has 10 N–H and O–H groups in total. The van der Waals surface area contributed by atoms with E-state index in [1.54, 1.807) is 13.8 Å². The number of nitrogens with two attached hydrogens (primary N) is 2. The topological polar surface area (TPSA) is 264 Å². The number of aliphatic hydroxyl groups excluding tert-OH is 3. The van der Waals surface area contributed by atoms with Gasteiger partial charge in [-0.05, 0) is 239 Å². The third kappa shape index (κ3) is 60.5. The fourth-order valence-electron chi connectivity index (χ4n) is 8.89. The van der Waals surface area contributed by atoms with Gasteiger partial charge < -0.3 is 70.0 Å². The number of benzene rings is 3. The van der Waals surface area contributed by atoms with Crippen LogP contribution in [0.1, 0.15) is 264 Å². The molecule has 0 fully saturated rings. The maximum absolute atomic E-state index is 12.0.